The Labute approximate surface area is 168 Å². The van der Waals surface area contributed by atoms with Crippen molar-refractivity contribution in [2.75, 3.05) is 13.7 Å². The normalized spacial score (nSPS) is 23.6. The summed E-state index contributed by atoms with van der Waals surface area (Å²) >= 11 is 0. The predicted molar refractivity (Wildman–Crippen MR) is 107 cm³/mol. The van der Waals surface area contributed by atoms with Crippen LogP contribution in [0.5, 0.6) is 0 Å². The van der Waals surface area contributed by atoms with Crippen LogP contribution in [0.2, 0.25) is 0 Å². The summed E-state index contributed by atoms with van der Waals surface area (Å²) in [5.41, 5.74) is 2.10. The smallest absolute Gasteiger partial charge is 0.465 e. The molecule has 154 valence electrons. The van der Waals surface area contributed by atoms with Gasteiger partial charge in [0.05, 0.1) is 30.5 Å². The molecule has 0 bridgehead atoms. The third-order valence-electron chi connectivity index (χ3n) is 6.06. The predicted octanol–water partition coefficient (Wildman–Crippen LogP) is 3.12. The summed E-state index contributed by atoms with van der Waals surface area (Å²) in [7, 11) is 0.800. The molecule has 0 amide bonds. The van der Waals surface area contributed by atoms with Gasteiger partial charge in [-0.1, -0.05) is 6.07 Å². The minimum absolute atomic E-state index is 0.194. The fourth-order valence-corrected chi connectivity index (χ4v) is 3.56. The number of hydrogen-bond acceptors (Lipinski definition) is 6. The van der Waals surface area contributed by atoms with Gasteiger partial charge in [-0.3, -0.25) is 0 Å². The molecule has 0 aliphatic carbocycles. The lowest BCUT2D eigenvalue weighted by Gasteiger charge is -2.32. The van der Waals surface area contributed by atoms with Gasteiger partial charge in [-0.05, 0) is 76.5 Å². The van der Waals surface area contributed by atoms with Crippen LogP contribution in [-0.2, 0) is 30.1 Å². The second-order valence-electron chi connectivity index (χ2n) is 8.50. The van der Waals surface area contributed by atoms with Gasteiger partial charge in [-0.15, -0.1) is 0 Å². The molecule has 0 radical (unpaired) electrons. The Balaban J connectivity index is 1.93. The number of carbonyl (C=O) groups excluding carboxylic acids is 1. The number of hydrogen-bond donors (Lipinski definition) is 0. The first-order valence-corrected chi connectivity index (χ1v) is 9.96. The summed E-state index contributed by atoms with van der Waals surface area (Å²) in [4.78, 5) is 12.2. The van der Waals surface area contributed by atoms with Gasteiger partial charge in [0.1, 0.15) is 0 Å². The first kappa shape index (κ1) is 21.3. The molecule has 2 saturated heterocycles. The number of esters is 1. The molecule has 2 aliphatic heterocycles. The Morgan fingerprint density at radius 3 is 2.43 bits per heavy atom. The largest absolute Gasteiger partial charge is 0.495 e. The number of ether oxygens (including phenoxy) is 3. The fourth-order valence-electron chi connectivity index (χ4n) is 3.56. The van der Waals surface area contributed by atoms with Crippen molar-refractivity contribution in [3.05, 3.63) is 28.8 Å². The van der Waals surface area contributed by atoms with Crippen LogP contribution in [0.4, 0.5) is 0 Å². The third kappa shape index (κ3) is 4.13. The van der Waals surface area contributed by atoms with Gasteiger partial charge in [0.2, 0.25) is 0 Å². The lowest BCUT2D eigenvalue weighted by Crippen LogP contribution is -2.41. The number of carbonyl (C=O) groups is 1. The molecule has 0 N–H and O–H groups in total. The zero-order valence-electron chi connectivity index (χ0n) is 17.8. The van der Waals surface area contributed by atoms with E-state index in [1.165, 1.54) is 7.11 Å². The van der Waals surface area contributed by atoms with E-state index in [2.05, 4.69) is 0 Å². The molecule has 2 fully saturated rings. The summed E-state index contributed by atoms with van der Waals surface area (Å²) in [6.07, 6.45) is 2.88. The van der Waals surface area contributed by atoms with Crippen molar-refractivity contribution in [2.45, 2.75) is 78.0 Å². The fraction of sp³-hybridized carbons (Fsp3) is 0.667. The number of benzene rings is 1. The highest BCUT2D eigenvalue weighted by Gasteiger charge is 2.52. The first-order chi connectivity index (χ1) is 13.2. The zero-order valence-corrected chi connectivity index (χ0v) is 17.8. The number of methoxy groups -OCH3 is 1. The molecular formula is C21H31BO6. The lowest BCUT2D eigenvalue weighted by atomic mass is 9.72. The Hall–Kier alpha value is -1.41. The van der Waals surface area contributed by atoms with Gasteiger partial charge >= 0.3 is 13.1 Å². The van der Waals surface area contributed by atoms with Crippen LogP contribution in [0, 0.1) is 6.92 Å². The van der Waals surface area contributed by atoms with Crippen LogP contribution in [0.1, 0.15) is 68.4 Å². The highest BCUT2D eigenvalue weighted by atomic mass is 16.7. The van der Waals surface area contributed by atoms with E-state index in [0.29, 0.717) is 12.2 Å². The van der Waals surface area contributed by atoms with Crippen LogP contribution in [0.25, 0.3) is 0 Å². The first-order valence-electron chi connectivity index (χ1n) is 9.96. The van der Waals surface area contributed by atoms with Crippen molar-refractivity contribution < 1.29 is 28.3 Å². The van der Waals surface area contributed by atoms with E-state index in [1.807, 2.05) is 40.7 Å². The molecule has 2 heterocycles. The molecule has 0 saturated carbocycles. The second-order valence-corrected chi connectivity index (χ2v) is 8.50. The summed E-state index contributed by atoms with van der Waals surface area (Å²) in [6.45, 7) is 11.0. The van der Waals surface area contributed by atoms with Gasteiger partial charge in [-0.25, -0.2) is 4.79 Å². The van der Waals surface area contributed by atoms with E-state index in [0.717, 1.165) is 42.5 Å². The van der Waals surface area contributed by atoms with Crippen LogP contribution in [0.15, 0.2) is 12.1 Å². The quantitative estimate of drug-likeness (QED) is 0.569. The summed E-state index contributed by atoms with van der Waals surface area (Å²) in [6, 6.07) is 3.67. The van der Waals surface area contributed by atoms with Crippen molar-refractivity contribution in [1.29, 1.82) is 0 Å². The Morgan fingerprint density at radius 2 is 1.86 bits per heavy atom. The van der Waals surface area contributed by atoms with Crippen molar-refractivity contribution in [1.82, 2.24) is 0 Å². The lowest BCUT2D eigenvalue weighted by molar-refractivity contribution is -0.168. The Kier molecular flexibility index (Phi) is 6.20. The molecule has 1 aromatic rings. The van der Waals surface area contributed by atoms with Gasteiger partial charge in [0, 0.05) is 6.61 Å². The second kappa shape index (κ2) is 8.15. The summed E-state index contributed by atoms with van der Waals surface area (Å²) < 4.78 is 29.2. The zero-order chi connectivity index (χ0) is 20.5. The molecule has 0 aromatic heterocycles. The molecular weight excluding hydrogens is 359 g/mol. The highest BCUT2D eigenvalue weighted by Crippen LogP contribution is 2.37. The maximum atomic E-state index is 12.2. The molecule has 1 aromatic carbocycles. The van der Waals surface area contributed by atoms with E-state index in [4.69, 9.17) is 23.5 Å². The maximum Gasteiger partial charge on any atom is 0.495 e. The Morgan fingerprint density at radius 1 is 1.18 bits per heavy atom. The molecule has 1 unspecified atom stereocenters. The SMILES string of the molecule is COC(=O)c1ccc(COC2CCCCO2)c(B2OC(C)(C)C(C)(C)O2)c1C. The van der Waals surface area contributed by atoms with Crippen molar-refractivity contribution in [3.8, 4) is 0 Å². The van der Waals surface area contributed by atoms with Gasteiger partial charge in [0.25, 0.3) is 0 Å². The molecule has 7 heteroatoms. The minimum Gasteiger partial charge on any atom is -0.465 e. The monoisotopic (exact) mass is 390 g/mol. The molecule has 1 atom stereocenters. The topological polar surface area (TPSA) is 63.2 Å². The molecule has 6 nitrogen and oxygen atoms in total. The van der Waals surface area contributed by atoms with Crippen molar-refractivity contribution in [2.24, 2.45) is 0 Å². The van der Waals surface area contributed by atoms with Crippen LogP contribution in [-0.4, -0.2) is 44.3 Å². The van der Waals surface area contributed by atoms with E-state index < -0.39 is 18.3 Å². The summed E-state index contributed by atoms with van der Waals surface area (Å²) in [5.74, 6) is -0.377. The van der Waals surface area contributed by atoms with E-state index in [9.17, 15) is 4.79 Å². The van der Waals surface area contributed by atoms with E-state index in [-0.39, 0.29) is 12.3 Å². The minimum atomic E-state index is -0.583. The molecule has 0 spiro atoms. The van der Waals surface area contributed by atoms with Crippen molar-refractivity contribution in [3.63, 3.8) is 0 Å². The molecule has 28 heavy (non-hydrogen) atoms. The maximum absolute atomic E-state index is 12.2. The van der Waals surface area contributed by atoms with E-state index >= 15 is 0 Å². The van der Waals surface area contributed by atoms with Gasteiger partial charge < -0.3 is 23.5 Å². The standard InChI is InChI=1S/C21H31BO6/c1-14-16(19(23)24-6)11-10-15(13-26-17-9-7-8-12-25-17)18(14)22-27-20(2,3)21(4,5)28-22/h10-11,17H,7-9,12-13H2,1-6H3. The van der Waals surface area contributed by atoms with Crippen molar-refractivity contribution >= 4 is 18.6 Å². The van der Waals surface area contributed by atoms with Crippen LogP contribution >= 0.6 is 0 Å². The molecule has 2 aliphatic rings. The summed E-state index contributed by atoms with van der Waals surface area (Å²) in [5, 5.41) is 0. The van der Waals surface area contributed by atoms with Gasteiger partial charge in [-0.2, -0.15) is 0 Å². The molecule has 3 rings (SSSR count). The highest BCUT2D eigenvalue weighted by molar-refractivity contribution is 6.63. The Bertz CT molecular complexity index is 708. The third-order valence-corrected chi connectivity index (χ3v) is 6.06. The van der Waals surface area contributed by atoms with E-state index in [1.54, 1.807) is 6.07 Å². The van der Waals surface area contributed by atoms with Crippen LogP contribution in [0.3, 0.4) is 0 Å². The van der Waals surface area contributed by atoms with Gasteiger partial charge in [0.15, 0.2) is 6.29 Å². The average molecular weight is 390 g/mol. The van der Waals surface area contributed by atoms with Crippen LogP contribution < -0.4 is 5.46 Å². The number of rotatable bonds is 5. The average Bonchev–Trinajstić information content (AvgIpc) is 2.87.